The number of halogens is 12. The van der Waals surface area contributed by atoms with Gasteiger partial charge in [-0.15, -0.1) is 0 Å². The maximum absolute atomic E-state index is 13.8. The van der Waals surface area contributed by atoms with Crippen LogP contribution in [0.4, 0.5) is 52.7 Å². The second-order valence-electron chi connectivity index (χ2n) is 8.27. The van der Waals surface area contributed by atoms with Crippen LogP contribution in [0.5, 0.6) is 0 Å². The highest BCUT2D eigenvalue weighted by molar-refractivity contribution is 7.87. The van der Waals surface area contributed by atoms with Crippen LogP contribution in [-0.4, -0.2) is 44.0 Å². The third-order valence-electron chi connectivity index (χ3n) is 6.45. The molecule has 0 spiro atoms. The summed E-state index contributed by atoms with van der Waals surface area (Å²) < 4.78 is 190. The van der Waals surface area contributed by atoms with E-state index in [1.165, 1.54) is 0 Å². The van der Waals surface area contributed by atoms with Crippen LogP contribution in [0.2, 0.25) is 0 Å². The van der Waals surface area contributed by atoms with Gasteiger partial charge in [0.25, 0.3) is 15.7 Å². The van der Waals surface area contributed by atoms with E-state index >= 15 is 0 Å². The largest absolute Gasteiger partial charge is 0.428 e. The van der Waals surface area contributed by atoms with Crippen molar-refractivity contribution in [3.63, 3.8) is 0 Å². The molecular formula is C17H22F12O3S. The minimum atomic E-state index is -6.39. The molecule has 1 aliphatic rings. The minimum absolute atomic E-state index is 0.206. The third kappa shape index (κ3) is 5.20. The topological polar surface area (TPSA) is 43.4 Å². The zero-order valence-electron chi connectivity index (χ0n) is 17.4. The lowest BCUT2D eigenvalue weighted by atomic mass is 9.64. The van der Waals surface area contributed by atoms with Gasteiger partial charge in [0, 0.05) is 5.92 Å². The molecule has 0 bridgehead atoms. The summed E-state index contributed by atoms with van der Waals surface area (Å²) >= 11 is 0. The molecule has 0 saturated heterocycles. The average molecular weight is 534 g/mol. The standard InChI is InChI=1S/C17H22F12O3S/c1-4-9(2)33(30,31)32-13(16(24,25)26,17(27,28)29)11-7-5-10(6-8-11)12(3,14(18,19)20)15(21,22)23/h9-11H,4-8H2,1-3H3. The van der Waals surface area contributed by atoms with E-state index < -0.39 is 95.0 Å². The zero-order chi connectivity index (χ0) is 26.5. The van der Waals surface area contributed by atoms with Crippen LogP contribution in [0.15, 0.2) is 0 Å². The Balaban J connectivity index is 3.50. The molecule has 0 aliphatic heterocycles. The summed E-state index contributed by atoms with van der Waals surface area (Å²) in [6, 6.07) is 0. The van der Waals surface area contributed by atoms with Gasteiger partial charge in [0.2, 0.25) is 0 Å². The number of hydrogen-bond donors (Lipinski definition) is 0. The summed E-state index contributed by atoms with van der Waals surface area (Å²) in [5, 5.41) is -1.79. The highest BCUT2D eigenvalue weighted by Gasteiger charge is 2.78. The molecule has 0 heterocycles. The van der Waals surface area contributed by atoms with Gasteiger partial charge < -0.3 is 0 Å². The van der Waals surface area contributed by atoms with E-state index in [2.05, 4.69) is 4.18 Å². The van der Waals surface area contributed by atoms with E-state index in [4.69, 9.17) is 0 Å². The van der Waals surface area contributed by atoms with Crippen molar-refractivity contribution in [1.82, 2.24) is 0 Å². The SMILES string of the molecule is CCC(C)S(=O)(=O)OC(C1CCC(C(C)(C(F)(F)F)C(F)(F)F)CC1)(C(F)(F)F)C(F)(F)F. The van der Waals surface area contributed by atoms with Crippen molar-refractivity contribution < 1.29 is 65.3 Å². The van der Waals surface area contributed by atoms with E-state index in [-0.39, 0.29) is 6.92 Å². The van der Waals surface area contributed by atoms with Gasteiger partial charge in [-0.3, -0.25) is 0 Å². The molecule has 1 atom stereocenters. The lowest BCUT2D eigenvalue weighted by molar-refractivity contribution is -0.381. The first kappa shape index (κ1) is 30.1. The lowest BCUT2D eigenvalue weighted by Gasteiger charge is -2.48. The summed E-state index contributed by atoms with van der Waals surface area (Å²) in [4.78, 5) is 0. The molecule has 198 valence electrons. The second-order valence-corrected chi connectivity index (χ2v) is 10.2. The van der Waals surface area contributed by atoms with Crippen molar-refractivity contribution in [1.29, 1.82) is 0 Å². The van der Waals surface area contributed by atoms with E-state index in [1.807, 2.05) is 0 Å². The fourth-order valence-corrected chi connectivity index (χ4v) is 5.22. The Morgan fingerprint density at radius 1 is 0.727 bits per heavy atom. The monoisotopic (exact) mass is 534 g/mol. The van der Waals surface area contributed by atoms with Crippen LogP contribution >= 0.6 is 0 Å². The first-order valence-corrected chi connectivity index (χ1v) is 11.1. The fraction of sp³-hybridized carbons (Fsp3) is 1.00. The van der Waals surface area contributed by atoms with Gasteiger partial charge in [-0.1, -0.05) is 6.92 Å². The molecule has 0 aromatic heterocycles. The summed E-state index contributed by atoms with van der Waals surface area (Å²) in [6.45, 7) is 1.74. The zero-order valence-corrected chi connectivity index (χ0v) is 18.3. The third-order valence-corrected chi connectivity index (χ3v) is 8.27. The average Bonchev–Trinajstić information content (AvgIpc) is 2.61. The number of rotatable bonds is 6. The summed E-state index contributed by atoms with van der Waals surface area (Å²) in [5.74, 6) is -5.16. The van der Waals surface area contributed by atoms with Crippen LogP contribution in [0.25, 0.3) is 0 Å². The highest BCUT2D eigenvalue weighted by atomic mass is 32.2. The molecule has 33 heavy (non-hydrogen) atoms. The maximum Gasteiger partial charge on any atom is 0.428 e. The van der Waals surface area contributed by atoms with Crippen LogP contribution < -0.4 is 0 Å². The summed E-state index contributed by atoms with van der Waals surface area (Å²) in [5.41, 5.74) is -9.70. The normalized spacial score (nSPS) is 23.5. The molecule has 1 unspecified atom stereocenters. The van der Waals surface area contributed by atoms with E-state index in [0.29, 0.717) is 0 Å². The molecule has 1 saturated carbocycles. The molecule has 3 nitrogen and oxygen atoms in total. The predicted molar refractivity (Wildman–Crippen MR) is 90.3 cm³/mol. The Morgan fingerprint density at radius 2 is 1.06 bits per heavy atom. The van der Waals surface area contributed by atoms with Gasteiger partial charge in [-0.25, -0.2) is 4.18 Å². The van der Waals surface area contributed by atoms with Crippen molar-refractivity contribution in [2.75, 3.05) is 0 Å². The van der Waals surface area contributed by atoms with Crippen LogP contribution in [0.1, 0.15) is 52.9 Å². The van der Waals surface area contributed by atoms with Crippen LogP contribution in [-0.2, 0) is 14.3 Å². The van der Waals surface area contributed by atoms with Crippen molar-refractivity contribution in [2.24, 2.45) is 17.3 Å². The van der Waals surface area contributed by atoms with Gasteiger partial charge in [0.1, 0.15) is 0 Å². The molecular weight excluding hydrogens is 512 g/mol. The van der Waals surface area contributed by atoms with Gasteiger partial charge in [-0.05, 0) is 51.9 Å². The second kappa shape index (κ2) is 8.94. The van der Waals surface area contributed by atoms with Gasteiger partial charge in [0.05, 0.1) is 5.25 Å². The quantitative estimate of drug-likeness (QED) is 0.274. The first-order valence-electron chi connectivity index (χ1n) is 9.61. The Bertz CT molecular complexity index is 743. The van der Waals surface area contributed by atoms with Crippen molar-refractivity contribution >= 4 is 10.1 Å². The highest BCUT2D eigenvalue weighted by Crippen LogP contribution is 2.61. The van der Waals surface area contributed by atoms with Crippen molar-refractivity contribution in [3.8, 4) is 0 Å². The van der Waals surface area contributed by atoms with Crippen LogP contribution in [0.3, 0.4) is 0 Å². The molecule has 0 N–H and O–H groups in total. The number of alkyl halides is 12. The molecule has 1 aliphatic carbocycles. The molecule has 0 radical (unpaired) electrons. The summed E-state index contributed by atoms with van der Waals surface area (Å²) in [6.07, 6.45) is -30.5. The van der Waals surface area contributed by atoms with E-state index in [0.717, 1.165) is 13.8 Å². The predicted octanol–water partition coefficient (Wildman–Crippen LogP) is 6.93. The van der Waals surface area contributed by atoms with Gasteiger partial charge in [-0.2, -0.15) is 61.1 Å². The van der Waals surface area contributed by atoms with Gasteiger partial charge in [0.15, 0.2) is 5.41 Å². The maximum atomic E-state index is 13.8. The molecule has 16 heteroatoms. The molecule has 1 fully saturated rings. The Morgan fingerprint density at radius 3 is 1.33 bits per heavy atom. The van der Waals surface area contributed by atoms with Crippen molar-refractivity contribution in [3.05, 3.63) is 0 Å². The van der Waals surface area contributed by atoms with E-state index in [1.54, 1.807) is 0 Å². The van der Waals surface area contributed by atoms with Crippen molar-refractivity contribution in [2.45, 2.75) is 88.4 Å². The number of hydrogen-bond acceptors (Lipinski definition) is 3. The minimum Gasteiger partial charge on any atom is -0.243 e. The Labute approximate surface area is 182 Å². The lowest BCUT2D eigenvalue weighted by Crippen LogP contribution is -2.65. The molecule has 1 rings (SSSR count). The smallest absolute Gasteiger partial charge is 0.243 e. The van der Waals surface area contributed by atoms with Crippen LogP contribution in [0, 0.1) is 17.3 Å². The fourth-order valence-electron chi connectivity index (χ4n) is 3.96. The summed E-state index contributed by atoms with van der Waals surface area (Å²) in [7, 11) is -5.47. The Kier molecular flexibility index (Phi) is 8.15. The molecule has 0 aromatic carbocycles. The Hall–Kier alpha value is -0.930. The first-order chi connectivity index (χ1) is 14.4. The van der Waals surface area contributed by atoms with E-state index in [9.17, 15) is 61.1 Å². The molecule has 0 amide bonds. The van der Waals surface area contributed by atoms with Gasteiger partial charge >= 0.3 is 24.7 Å². The molecule has 0 aromatic rings.